The van der Waals surface area contributed by atoms with Gasteiger partial charge in [0.15, 0.2) is 0 Å². The maximum atomic E-state index is 12.3. The molecule has 0 amide bonds. The van der Waals surface area contributed by atoms with E-state index in [1.165, 1.54) is 173 Å². The second-order valence-electron chi connectivity index (χ2n) is 15.2. The number of hydrogen-bond donors (Lipinski definition) is 0. The molecule has 0 spiro atoms. The van der Waals surface area contributed by atoms with Crippen LogP contribution in [0.1, 0.15) is 210 Å². The van der Waals surface area contributed by atoms with E-state index in [9.17, 15) is 5.53 Å². The maximum Gasteiger partial charge on any atom is 0.211 e. The summed E-state index contributed by atoms with van der Waals surface area (Å²) in [7, 11) is 0. The fourth-order valence-corrected chi connectivity index (χ4v) is 7.75. The summed E-state index contributed by atoms with van der Waals surface area (Å²) in [5, 5.41) is 0. The fraction of sp³-hybridized carbons (Fsp3) is 0.660. The monoisotopic (exact) mass is 725 g/mol. The largest absolute Gasteiger partial charge is 0.493 e. The van der Waals surface area contributed by atoms with Gasteiger partial charge < -0.3 is 5.53 Å². The van der Waals surface area contributed by atoms with Gasteiger partial charge in [0.1, 0.15) is 0 Å². The minimum absolute atomic E-state index is 0. The molecular weight excluding hydrogens is 651 g/mol. The number of benzene rings is 2. The van der Waals surface area contributed by atoms with E-state index in [0.717, 1.165) is 43.5 Å². The third kappa shape index (κ3) is 14.6. The van der Waals surface area contributed by atoms with Crippen LogP contribution >= 0.6 is 0 Å². The zero-order valence-electron chi connectivity index (χ0n) is 33.4. The first-order chi connectivity index (χ1) is 24.0. The first-order valence-corrected chi connectivity index (χ1v) is 21.2. The second-order valence-corrected chi connectivity index (χ2v) is 15.2. The summed E-state index contributed by atoms with van der Waals surface area (Å²) in [5.41, 5.74) is 25.2. The number of rotatable bonds is 27. The summed E-state index contributed by atoms with van der Waals surface area (Å²) in [6.45, 7) is 13.8. The van der Waals surface area contributed by atoms with Gasteiger partial charge in [0.25, 0.3) is 0 Å². The van der Waals surface area contributed by atoms with E-state index >= 15 is 0 Å². The van der Waals surface area contributed by atoms with Gasteiger partial charge in [-0.25, -0.2) is 4.70 Å². The van der Waals surface area contributed by atoms with E-state index in [0.29, 0.717) is 0 Å². The third-order valence-electron chi connectivity index (χ3n) is 10.7. The zero-order valence-corrected chi connectivity index (χ0v) is 34.3. The Morgan fingerprint density at radius 2 is 0.720 bits per heavy atom. The average Bonchev–Trinajstić information content (AvgIpc) is 3.35. The standard InChI is InChI=1S/C47H74N2.Ni/c1-7-12-17-20-23-26-31-45-38(6)46(43-34-39(27-15-10-4)32-41(35-43)29-24-21-18-13-8-2)49(48)47(45)44-36-40(28-16-11-5)33-42(37-44)30-25-22-19-14-9-3;/h32-37H,7-31H2,1-6H3;. The molecule has 0 radical (unpaired) electrons. The smallest absolute Gasteiger partial charge is 0.211 e. The quantitative estimate of drug-likeness (QED) is 0.0498. The first kappa shape index (κ1) is 44.2. The van der Waals surface area contributed by atoms with Crippen LogP contribution in [0.15, 0.2) is 47.5 Å². The van der Waals surface area contributed by atoms with E-state index in [4.69, 9.17) is 0 Å². The molecule has 0 saturated carbocycles. The number of nitrogens with zero attached hydrogens (tertiary/aromatic N) is 2. The minimum Gasteiger partial charge on any atom is -0.493 e. The van der Waals surface area contributed by atoms with Crippen LogP contribution in [0.25, 0.3) is 16.9 Å². The van der Waals surface area contributed by atoms with Crippen LogP contribution in [-0.2, 0) is 42.2 Å². The number of aryl methyl sites for hydroxylation is 4. The van der Waals surface area contributed by atoms with Gasteiger partial charge in [0.05, 0.1) is 0 Å². The average molecular weight is 726 g/mol. The van der Waals surface area contributed by atoms with Crippen molar-refractivity contribution in [3.8, 4) is 0 Å². The SMILES string of the molecule is CCCCCCCCC1=C(c2cc(CCCC)cc(CCCCCCC)c2)[N+](=[N-])C(c2cc(CCCC)cc(CCCCCCC)c2)=C1C.[Ni]. The van der Waals surface area contributed by atoms with E-state index in [1.54, 1.807) is 4.70 Å². The molecule has 282 valence electrons. The molecule has 0 N–H and O–H groups in total. The van der Waals surface area contributed by atoms with E-state index in [2.05, 4.69) is 77.9 Å². The summed E-state index contributed by atoms with van der Waals surface area (Å²) in [4.78, 5) is 0. The van der Waals surface area contributed by atoms with Crippen molar-refractivity contribution in [2.45, 2.75) is 202 Å². The molecule has 50 heavy (non-hydrogen) atoms. The van der Waals surface area contributed by atoms with Gasteiger partial charge in [-0.05, 0) is 118 Å². The molecule has 1 heterocycles. The molecule has 3 heteroatoms. The summed E-state index contributed by atoms with van der Waals surface area (Å²) in [6, 6.07) is 14.6. The summed E-state index contributed by atoms with van der Waals surface area (Å²) < 4.78 is 1.62. The Labute approximate surface area is 319 Å². The normalized spacial score (nSPS) is 13.1. The third-order valence-corrected chi connectivity index (χ3v) is 10.7. The molecule has 0 fully saturated rings. The maximum absolute atomic E-state index is 12.3. The number of allylic oxidation sites excluding steroid dienone is 2. The van der Waals surface area contributed by atoms with Crippen molar-refractivity contribution in [2.24, 2.45) is 0 Å². The molecule has 0 aromatic heterocycles. The molecule has 0 bridgehead atoms. The molecule has 2 nitrogen and oxygen atoms in total. The van der Waals surface area contributed by atoms with Crippen LogP contribution in [0.2, 0.25) is 0 Å². The molecule has 0 saturated heterocycles. The van der Waals surface area contributed by atoms with Crippen LogP contribution in [0, 0.1) is 0 Å². The second kappa shape index (κ2) is 25.9. The van der Waals surface area contributed by atoms with E-state index in [-0.39, 0.29) is 16.5 Å². The van der Waals surface area contributed by atoms with Crippen LogP contribution in [0.5, 0.6) is 0 Å². The minimum atomic E-state index is 0. The Kier molecular flexibility index (Phi) is 22.9. The Morgan fingerprint density at radius 1 is 0.400 bits per heavy atom. The molecule has 2 aromatic carbocycles. The van der Waals surface area contributed by atoms with E-state index in [1.807, 2.05) is 0 Å². The van der Waals surface area contributed by atoms with Gasteiger partial charge in [-0.3, -0.25) is 0 Å². The molecule has 2 aromatic rings. The van der Waals surface area contributed by atoms with Crippen molar-refractivity contribution in [3.05, 3.63) is 86.5 Å². The number of hydrogen-bond acceptors (Lipinski definition) is 0. The van der Waals surface area contributed by atoms with Crippen molar-refractivity contribution in [1.82, 2.24) is 0 Å². The molecular formula is C47H74N2Ni. The first-order valence-electron chi connectivity index (χ1n) is 21.2. The van der Waals surface area contributed by atoms with E-state index < -0.39 is 0 Å². The number of unbranched alkanes of at least 4 members (excludes halogenated alkanes) is 15. The molecule has 0 unspecified atom stereocenters. The zero-order chi connectivity index (χ0) is 35.3. The Hall–Kier alpha value is -1.99. The molecule has 1 aliphatic rings. The predicted octanol–water partition coefficient (Wildman–Crippen LogP) is 15.3. The summed E-state index contributed by atoms with van der Waals surface area (Å²) in [5.74, 6) is 0. The van der Waals surface area contributed by atoms with Crippen molar-refractivity contribution < 1.29 is 21.2 Å². The van der Waals surface area contributed by atoms with Crippen molar-refractivity contribution in [2.75, 3.05) is 0 Å². The van der Waals surface area contributed by atoms with Crippen LogP contribution in [0.4, 0.5) is 0 Å². The van der Waals surface area contributed by atoms with Gasteiger partial charge in [-0.1, -0.05) is 143 Å². The molecule has 1 aliphatic heterocycles. The van der Waals surface area contributed by atoms with Crippen molar-refractivity contribution in [1.29, 1.82) is 0 Å². The Balaban J connectivity index is 0.00000867. The fourth-order valence-electron chi connectivity index (χ4n) is 7.75. The van der Waals surface area contributed by atoms with Crippen LogP contribution in [0.3, 0.4) is 0 Å². The van der Waals surface area contributed by atoms with Gasteiger partial charge in [-0.2, -0.15) is 0 Å². The van der Waals surface area contributed by atoms with Crippen molar-refractivity contribution in [3.63, 3.8) is 0 Å². The summed E-state index contributed by atoms with van der Waals surface area (Å²) in [6.07, 6.45) is 31.0. The molecule has 0 aliphatic carbocycles. The Bertz CT molecular complexity index is 1330. The van der Waals surface area contributed by atoms with Gasteiger partial charge in [0, 0.05) is 38.8 Å². The molecule has 3 rings (SSSR count). The molecule has 0 atom stereocenters. The van der Waals surface area contributed by atoms with Gasteiger partial charge in [-0.15, -0.1) is 0 Å². The van der Waals surface area contributed by atoms with Crippen LogP contribution < -0.4 is 0 Å². The van der Waals surface area contributed by atoms with Crippen molar-refractivity contribution >= 4 is 11.4 Å². The van der Waals surface area contributed by atoms with Crippen LogP contribution in [-0.4, -0.2) is 4.70 Å². The van der Waals surface area contributed by atoms with Gasteiger partial charge in [0.2, 0.25) is 11.4 Å². The predicted molar refractivity (Wildman–Crippen MR) is 216 cm³/mol. The summed E-state index contributed by atoms with van der Waals surface area (Å²) >= 11 is 0. The Morgan fingerprint density at radius 3 is 1.12 bits per heavy atom. The van der Waals surface area contributed by atoms with Gasteiger partial charge >= 0.3 is 0 Å². The topological polar surface area (TPSA) is 25.3 Å².